The molecule has 4 rings (SSSR count). The molecule has 0 saturated carbocycles. The predicted molar refractivity (Wildman–Crippen MR) is 107 cm³/mol. The summed E-state index contributed by atoms with van der Waals surface area (Å²) in [5.41, 5.74) is 4.36. The Hall–Kier alpha value is -2.99. The molecular weight excluding hydrogens is 375 g/mol. The van der Waals surface area contributed by atoms with Crippen LogP contribution in [0.1, 0.15) is 16.8 Å². The van der Waals surface area contributed by atoms with Crippen molar-refractivity contribution < 1.29 is 12.8 Å². The van der Waals surface area contributed by atoms with Gasteiger partial charge in [-0.1, -0.05) is 47.5 Å². The predicted octanol–water partition coefficient (Wildman–Crippen LogP) is 4.73. The van der Waals surface area contributed by atoms with E-state index in [0.717, 1.165) is 16.7 Å². The molecule has 0 spiro atoms. The summed E-state index contributed by atoms with van der Waals surface area (Å²) in [5.74, 6) is -0.724. The number of benzene rings is 2. The van der Waals surface area contributed by atoms with E-state index >= 15 is 0 Å². The number of aryl methyl sites for hydroxylation is 2. The molecule has 2 heterocycles. The Morgan fingerprint density at radius 2 is 1.50 bits per heavy atom. The Balaban J connectivity index is 1.89. The highest BCUT2D eigenvalue weighted by molar-refractivity contribution is 7.90. The molecule has 0 N–H and O–H groups in total. The summed E-state index contributed by atoms with van der Waals surface area (Å²) in [7, 11) is -3.63. The maximum Gasteiger partial charge on any atom is 0.184 e. The van der Waals surface area contributed by atoms with E-state index in [0.29, 0.717) is 17.0 Å². The van der Waals surface area contributed by atoms with Crippen LogP contribution in [0, 0.1) is 19.7 Å². The lowest BCUT2D eigenvalue weighted by atomic mass is 10.1. The molecule has 0 aliphatic carbocycles. The third-order valence-electron chi connectivity index (χ3n) is 4.71. The van der Waals surface area contributed by atoms with Gasteiger partial charge in [0.2, 0.25) is 0 Å². The van der Waals surface area contributed by atoms with Crippen LogP contribution in [-0.2, 0) is 15.6 Å². The van der Waals surface area contributed by atoms with Crippen LogP contribution < -0.4 is 0 Å². The van der Waals surface area contributed by atoms with E-state index in [4.69, 9.17) is 0 Å². The van der Waals surface area contributed by atoms with E-state index in [9.17, 15) is 12.8 Å². The molecule has 0 bridgehead atoms. The van der Waals surface area contributed by atoms with Gasteiger partial charge in [-0.05, 0) is 38.1 Å². The average molecular weight is 394 g/mol. The molecule has 2 aromatic carbocycles. The third-order valence-corrected chi connectivity index (χ3v) is 6.36. The topological polar surface area (TPSA) is 51.4 Å². The van der Waals surface area contributed by atoms with E-state index in [2.05, 4.69) is 4.98 Å². The SMILES string of the molecule is Cc1ccc(-c2nc3ccc(F)cn3c2CS(=O)(=O)c2ccc(C)cc2)cc1. The lowest BCUT2D eigenvalue weighted by molar-refractivity contribution is 0.593. The summed E-state index contributed by atoms with van der Waals surface area (Å²) in [6.07, 6.45) is 1.28. The highest BCUT2D eigenvalue weighted by atomic mass is 32.2. The largest absolute Gasteiger partial charge is 0.299 e. The van der Waals surface area contributed by atoms with Gasteiger partial charge in [0.1, 0.15) is 11.5 Å². The highest BCUT2D eigenvalue weighted by Crippen LogP contribution is 2.28. The molecule has 4 nitrogen and oxygen atoms in total. The molecule has 0 radical (unpaired) electrons. The summed E-state index contributed by atoms with van der Waals surface area (Å²) in [4.78, 5) is 4.81. The maximum atomic E-state index is 13.9. The number of hydrogen-bond donors (Lipinski definition) is 0. The van der Waals surface area contributed by atoms with E-state index in [1.54, 1.807) is 30.3 Å². The zero-order chi connectivity index (χ0) is 19.9. The van der Waals surface area contributed by atoms with E-state index in [1.165, 1.54) is 16.7 Å². The van der Waals surface area contributed by atoms with Crippen molar-refractivity contribution in [2.24, 2.45) is 0 Å². The quantitative estimate of drug-likeness (QED) is 0.503. The second-order valence-corrected chi connectivity index (χ2v) is 8.91. The van der Waals surface area contributed by atoms with Crippen LogP contribution in [0.5, 0.6) is 0 Å². The second kappa shape index (κ2) is 6.87. The third kappa shape index (κ3) is 3.43. The number of pyridine rings is 1. The lowest BCUT2D eigenvalue weighted by Crippen LogP contribution is -2.08. The second-order valence-electron chi connectivity index (χ2n) is 6.92. The summed E-state index contributed by atoms with van der Waals surface area (Å²) >= 11 is 0. The molecule has 0 aliphatic heterocycles. The number of halogens is 1. The number of aromatic nitrogens is 2. The summed E-state index contributed by atoms with van der Waals surface area (Å²) < 4.78 is 41.5. The van der Waals surface area contributed by atoms with Crippen molar-refractivity contribution in [1.29, 1.82) is 0 Å². The van der Waals surface area contributed by atoms with Crippen molar-refractivity contribution in [2.75, 3.05) is 0 Å². The Morgan fingerprint density at radius 3 is 2.14 bits per heavy atom. The fraction of sp³-hybridized carbons (Fsp3) is 0.136. The van der Waals surface area contributed by atoms with Gasteiger partial charge >= 0.3 is 0 Å². The van der Waals surface area contributed by atoms with Gasteiger partial charge in [0.05, 0.1) is 22.0 Å². The lowest BCUT2D eigenvalue weighted by Gasteiger charge is -2.08. The van der Waals surface area contributed by atoms with E-state index in [1.807, 2.05) is 38.1 Å². The van der Waals surface area contributed by atoms with Crippen LogP contribution in [-0.4, -0.2) is 17.8 Å². The van der Waals surface area contributed by atoms with Gasteiger partial charge in [-0.3, -0.25) is 4.40 Å². The fourth-order valence-corrected chi connectivity index (χ4v) is 4.51. The summed E-state index contributed by atoms with van der Waals surface area (Å²) in [6.45, 7) is 3.88. The van der Waals surface area contributed by atoms with Crippen molar-refractivity contribution >= 4 is 15.5 Å². The molecule has 4 aromatic rings. The molecule has 142 valence electrons. The van der Waals surface area contributed by atoms with Crippen LogP contribution >= 0.6 is 0 Å². The first-order valence-corrected chi connectivity index (χ1v) is 10.5. The standard InChI is InChI=1S/C22H19FN2O2S/c1-15-3-7-17(8-4-15)22-20(25-13-18(23)9-12-21(25)24-22)14-28(26,27)19-10-5-16(2)6-11-19/h3-13H,14H2,1-2H3. The van der Waals surface area contributed by atoms with Crippen LogP contribution in [0.15, 0.2) is 71.8 Å². The van der Waals surface area contributed by atoms with Gasteiger partial charge in [-0.25, -0.2) is 17.8 Å². The van der Waals surface area contributed by atoms with Crippen LogP contribution in [0.25, 0.3) is 16.9 Å². The molecule has 0 unspecified atom stereocenters. The molecule has 0 saturated heterocycles. The number of sulfone groups is 1. The molecule has 2 aromatic heterocycles. The van der Waals surface area contributed by atoms with Crippen molar-refractivity contribution in [1.82, 2.24) is 9.38 Å². The Bertz CT molecular complexity index is 1260. The maximum absolute atomic E-state index is 13.9. The molecule has 6 heteroatoms. The monoisotopic (exact) mass is 394 g/mol. The van der Waals surface area contributed by atoms with Crippen LogP contribution in [0.3, 0.4) is 0 Å². The van der Waals surface area contributed by atoms with Gasteiger partial charge in [-0.2, -0.15) is 0 Å². The molecular formula is C22H19FN2O2S. The van der Waals surface area contributed by atoms with Crippen molar-refractivity contribution in [2.45, 2.75) is 24.5 Å². The molecule has 0 atom stereocenters. The van der Waals surface area contributed by atoms with Crippen LogP contribution in [0.2, 0.25) is 0 Å². The van der Waals surface area contributed by atoms with Crippen LogP contribution in [0.4, 0.5) is 4.39 Å². The zero-order valence-corrected chi connectivity index (χ0v) is 16.4. The molecule has 0 fully saturated rings. The smallest absolute Gasteiger partial charge is 0.184 e. The first-order chi connectivity index (χ1) is 13.3. The average Bonchev–Trinajstić information content (AvgIpc) is 3.00. The summed E-state index contributed by atoms with van der Waals surface area (Å²) in [5, 5.41) is 0. The van der Waals surface area contributed by atoms with Gasteiger partial charge in [-0.15, -0.1) is 0 Å². The molecule has 0 amide bonds. The summed E-state index contributed by atoms with van der Waals surface area (Å²) in [6, 6.07) is 17.3. The normalized spacial score (nSPS) is 11.8. The van der Waals surface area contributed by atoms with Gasteiger partial charge in [0, 0.05) is 11.8 Å². The Kier molecular flexibility index (Phi) is 4.51. The minimum atomic E-state index is -3.63. The first-order valence-electron chi connectivity index (χ1n) is 8.86. The molecule has 28 heavy (non-hydrogen) atoms. The number of nitrogens with zero attached hydrogens (tertiary/aromatic N) is 2. The zero-order valence-electron chi connectivity index (χ0n) is 15.6. The van der Waals surface area contributed by atoms with Gasteiger partial charge in [0.15, 0.2) is 9.84 Å². The van der Waals surface area contributed by atoms with Crippen molar-refractivity contribution in [3.05, 3.63) is 89.5 Å². The van der Waals surface area contributed by atoms with Gasteiger partial charge in [0.25, 0.3) is 0 Å². The van der Waals surface area contributed by atoms with Gasteiger partial charge < -0.3 is 0 Å². The number of imidazole rings is 1. The van der Waals surface area contributed by atoms with Crippen molar-refractivity contribution in [3.63, 3.8) is 0 Å². The Morgan fingerprint density at radius 1 is 0.893 bits per heavy atom. The van der Waals surface area contributed by atoms with Crippen molar-refractivity contribution in [3.8, 4) is 11.3 Å². The minimum absolute atomic E-state index is 0.235. The highest BCUT2D eigenvalue weighted by Gasteiger charge is 2.22. The van der Waals surface area contributed by atoms with E-state index < -0.39 is 15.7 Å². The number of rotatable bonds is 4. The fourth-order valence-electron chi connectivity index (χ4n) is 3.16. The Labute approximate surface area is 163 Å². The molecule has 0 aliphatic rings. The number of fused-ring (bicyclic) bond motifs is 1. The first kappa shape index (κ1) is 18.4. The number of hydrogen-bond acceptors (Lipinski definition) is 3. The van der Waals surface area contributed by atoms with E-state index in [-0.39, 0.29) is 10.6 Å². The minimum Gasteiger partial charge on any atom is -0.299 e.